The zero-order chi connectivity index (χ0) is 17.2. The SMILES string of the molecule is O=C(O)CC[n+]1cc(C(=O)N2CCOCC2)sn1.O=C(O)CF. The van der Waals surface area contributed by atoms with Crippen LogP contribution in [0.4, 0.5) is 4.39 Å². The standard InChI is InChI=1S/C10H13N3O4S.C2H3FO2/c14-9(15)1-2-13-7-8(18-11-13)10(16)12-3-5-17-6-4-12;3-1-2(4)5/h7H,1-6H2;1H2,(H,4,5)/p+1. The third-order valence-corrected chi connectivity index (χ3v) is 3.46. The highest BCUT2D eigenvalue weighted by molar-refractivity contribution is 7.07. The summed E-state index contributed by atoms with van der Waals surface area (Å²) in [5.74, 6) is -2.36. The van der Waals surface area contributed by atoms with Gasteiger partial charge in [0, 0.05) is 24.6 Å². The summed E-state index contributed by atoms with van der Waals surface area (Å²) in [7, 11) is 0. The minimum Gasteiger partial charge on any atom is -0.481 e. The van der Waals surface area contributed by atoms with Gasteiger partial charge in [0.25, 0.3) is 5.91 Å². The lowest BCUT2D eigenvalue weighted by molar-refractivity contribution is -0.745. The fourth-order valence-corrected chi connectivity index (χ4v) is 2.31. The van der Waals surface area contributed by atoms with E-state index in [1.165, 1.54) is 4.68 Å². The summed E-state index contributed by atoms with van der Waals surface area (Å²) in [6, 6.07) is 0. The Bertz CT molecular complexity index is 547. The molecule has 11 heteroatoms. The van der Waals surface area contributed by atoms with Crippen LogP contribution in [0.5, 0.6) is 0 Å². The summed E-state index contributed by atoms with van der Waals surface area (Å²) < 4.78 is 21.2. The average molecular weight is 350 g/mol. The van der Waals surface area contributed by atoms with Crippen LogP contribution in [-0.4, -0.2) is 70.4 Å². The number of morpholine rings is 1. The number of hydrogen-bond acceptors (Lipinski definition) is 6. The van der Waals surface area contributed by atoms with E-state index in [9.17, 15) is 14.0 Å². The normalized spacial score (nSPS) is 13.9. The van der Waals surface area contributed by atoms with E-state index in [-0.39, 0.29) is 18.9 Å². The summed E-state index contributed by atoms with van der Waals surface area (Å²) in [5, 5.41) is 15.9. The van der Waals surface area contributed by atoms with E-state index < -0.39 is 18.6 Å². The Hall–Kier alpha value is -2.14. The predicted molar refractivity (Wildman–Crippen MR) is 74.9 cm³/mol. The maximum atomic E-state index is 12.1. The first-order chi connectivity index (χ1) is 10.9. The van der Waals surface area contributed by atoms with Gasteiger partial charge in [-0.2, -0.15) is 0 Å². The highest BCUT2D eigenvalue weighted by atomic mass is 32.1. The second kappa shape index (κ2) is 9.79. The largest absolute Gasteiger partial charge is 0.481 e. The number of aliphatic carboxylic acids is 2. The summed E-state index contributed by atoms with van der Waals surface area (Å²) in [5.41, 5.74) is 0. The fourth-order valence-electron chi connectivity index (χ4n) is 1.61. The van der Waals surface area contributed by atoms with Gasteiger partial charge >= 0.3 is 11.9 Å². The van der Waals surface area contributed by atoms with E-state index in [2.05, 4.69) is 4.49 Å². The Balaban J connectivity index is 0.000000463. The number of carbonyl (C=O) groups is 3. The lowest BCUT2D eigenvalue weighted by Crippen LogP contribution is -2.41. The van der Waals surface area contributed by atoms with Crippen molar-refractivity contribution in [3.05, 3.63) is 11.1 Å². The quantitative estimate of drug-likeness (QED) is 0.681. The molecule has 1 aromatic rings. The monoisotopic (exact) mass is 350 g/mol. The number of aromatic nitrogens is 2. The van der Waals surface area contributed by atoms with E-state index in [1.54, 1.807) is 11.1 Å². The molecule has 0 atom stereocenters. The molecule has 1 amide bonds. The number of carboxylic acids is 2. The molecule has 0 bridgehead atoms. The van der Waals surface area contributed by atoms with Gasteiger partial charge in [-0.25, -0.2) is 9.18 Å². The van der Waals surface area contributed by atoms with Crippen molar-refractivity contribution in [3.63, 3.8) is 0 Å². The minimum absolute atomic E-state index is 0.000412. The summed E-state index contributed by atoms with van der Waals surface area (Å²) in [6.07, 6.45) is 1.60. The van der Waals surface area contributed by atoms with E-state index in [1.807, 2.05) is 0 Å². The highest BCUT2D eigenvalue weighted by Crippen LogP contribution is 2.08. The van der Waals surface area contributed by atoms with Crippen LogP contribution in [0.25, 0.3) is 0 Å². The maximum Gasteiger partial charge on any atom is 0.335 e. The zero-order valence-corrected chi connectivity index (χ0v) is 13.0. The Morgan fingerprint density at radius 2 is 1.91 bits per heavy atom. The number of ether oxygens (including phenoxy) is 1. The molecule has 0 aromatic carbocycles. The molecule has 0 unspecified atom stereocenters. The first-order valence-electron chi connectivity index (χ1n) is 6.67. The maximum absolute atomic E-state index is 12.1. The number of hydrogen-bond donors (Lipinski definition) is 2. The molecule has 23 heavy (non-hydrogen) atoms. The molecular weight excluding hydrogens is 333 g/mol. The van der Waals surface area contributed by atoms with Crippen molar-refractivity contribution < 1.29 is 38.4 Å². The molecule has 1 aliphatic heterocycles. The third kappa shape index (κ3) is 7.10. The van der Waals surface area contributed by atoms with Crippen molar-refractivity contribution in [1.82, 2.24) is 9.39 Å². The van der Waals surface area contributed by atoms with E-state index in [0.29, 0.717) is 31.2 Å². The van der Waals surface area contributed by atoms with Crippen molar-refractivity contribution in [2.45, 2.75) is 13.0 Å². The molecule has 1 aliphatic rings. The summed E-state index contributed by atoms with van der Waals surface area (Å²) >= 11 is 1.09. The van der Waals surface area contributed by atoms with Crippen LogP contribution in [0.15, 0.2) is 6.20 Å². The number of rotatable bonds is 5. The third-order valence-electron chi connectivity index (χ3n) is 2.69. The minimum atomic E-state index is -1.41. The number of carboxylic acid groups (broad SMARTS) is 2. The van der Waals surface area contributed by atoms with Gasteiger partial charge in [0.15, 0.2) is 18.1 Å². The smallest absolute Gasteiger partial charge is 0.335 e. The summed E-state index contributed by atoms with van der Waals surface area (Å²) in [4.78, 5) is 33.7. The van der Waals surface area contributed by atoms with Gasteiger partial charge < -0.3 is 19.8 Å². The molecule has 2 heterocycles. The molecule has 9 nitrogen and oxygen atoms in total. The molecule has 128 valence electrons. The van der Waals surface area contributed by atoms with Crippen molar-refractivity contribution in [3.8, 4) is 0 Å². The summed E-state index contributed by atoms with van der Waals surface area (Å²) in [6.45, 7) is 1.30. The average Bonchev–Trinajstić information content (AvgIpc) is 3.02. The van der Waals surface area contributed by atoms with Crippen LogP contribution in [0.3, 0.4) is 0 Å². The van der Waals surface area contributed by atoms with Crippen LogP contribution >= 0.6 is 11.5 Å². The molecule has 0 spiro atoms. The van der Waals surface area contributed by atoms with Gasteiger partial charge in [0.2, 0.25) is 6.20 Å². The number of nitrogens with zero attached hydrogens (tertiary/aromatic N) is 3. The molecule has 0 radical (unpaired) electrons. The first kappa shape index (κ1) is 18.9. The number of carbonyl (C=O) groups excluding carboxylic acids is 1. The highest BCUT2D eigenvalue weighted by Gasteiger charge is 2.24. The zero-order valence-electron chi connectivity index (χ0n) is 12.2. The topological polar surface area (TPSA) is 121 Å². The number of alkyl halides is 1. The molecule has 2 rings (SSSR count). The fraction of sp³-hybridized carbons (Fsp3) is 0.583. The van der Waals surface area contributed by atoms with Gasteiger partial charge in [-0.15, -0.1) is 0 Å². The predicted octanol–water partition coefficient (Wildman–Crippen LogP) is -0.582. The molecule has 1 saturated heterocycles. The molecular formula is C12H17FN3O6S+. The van der Waals surface area contributed by atoms with Gasteiger partial charge in [-0.05, 0) is 0 Å². The van der Waals surface area contributed by atoms with Crippen LogP contribution in [0, 0.1) is 0 Å². The lowest BCUT2D eigenvalue weighted by atomic mass is 10.3. The van der Waals surface area contributed by atoms with E-state index in [4.69, 9.17) is 19.7 Å². The van der Waals surface area contributed by atoms with Crippen molar-refractivity contribution in [1.29, 1.82) is 0 Å². The van der Waals surface area contributed by atoms with Crippen molar-refractivity contribution >= 4 is 29.4 Å². The van der Waals surface area contributed by atoms with E-state index in [0.717, 1.165) is 11.5 Å². The molecule has 2 N–H and O–H groups in total. The second-order valence-corrected chi connectivity index (χ2v) is 5.19. The van der Waals surface area contributed by atoms with Crippen LogP contribution < -0.4 is 4.68 Å². The first-order valence-corrected chi connectivity index (χ1v) is 7.44. The van der Waals surface area contributed by atoms with Gasteiger partial charge in [-0.1, -0.05) is 4.68 Å². The molecule has 0 saturated carbocycles. The Morgan fingerprint density at radius 1 is 1.30 bits per heavy atom. The lowest BCUT2D eigenvalue weighted by Gasteiger charge is -2.25. The van der Waals surface area contributed by atoms with Crippen LogP contribution in [0.1, 0.15) is 16.1 Å². The number of aryl methyl sites for hydroxylation is 1. The molecule has 0 aliphatic carbocycles. The van der Waals surface area contributed by atoms with Gasteiger partial charge in [0.1, 0.15) is 6.42 Å². The number of amides is 1. The van der Waals surface area contributed by atoms with Gasteiger partial charge in [0.05, 0.1) is 17.7 Å². The Morgan fingerprint density at radius 3 is 2.43 bits per heavy atom. The van der Waals surface area contributed by atoms with Crippen LogP contribution in [-0.2, 0) is 20.9 Å². The van der Waals surface area contributed by atoms with Crippen molar-refractivity contribution in [2.24, 2.45) is 0 Å². The van der Waals surface area contributed by atoms with Crippen molar-refractivity contribution in [2.75, 3.05) is 33.0 Å². The van der Waals surface area contributed by atoms with Gasteiger partial charge in [-0.3, -0.25) is 9.59 Å². The van der Waals surface area contributed by atoms with Crippen LogP contribution in [0.2, 0.25) is 0 Å². The number of halogens is 1. The molecule has 1 aromatic heterocycles. The second-order valence-electron chi connectivity index (χ2n) is 4.41. The Kier molecular flexibility index (Phi) is 8.05. The Labute approximate surface area is 135 Å². The molecule has 1 fully saturated rings. The van der Waals surface area contributed by atoms with E-state index >= 15 is 0 Å².